The number of amides is 1. The van der Waals surface area contributed by atoms with Crippen LogP contribution >= 0.6 is 0 Å². The number of hydrogen-bond acceptors (Lipinski definition) is 4. The van der Waals surface area contributed by atoms with Crippen LogP contribution in [0.15, 0.2) is 24.4 Å². The molecule has 6 nitrogen and oxygen atoms in total. The Kier molecular flexibility index (Phi) is 3.49. The molecule has 1 atom stereocenters. The summed E-state index contributed by atoms with van der Waals surface area (Å²) in [7, 11) is -3.22. The highest BCUT2D eigenvalue weighted by Gasteiger charge is 2.52. The van der Waals surface area contributed by atoms with Gasteiger partial charge in [0.15, 0.2) is 0 Å². The van der Waals surface area contributed by atoms with Crippen molar-refractivity contribution < 1.29 is 13.2 Å². The van der Waals surface area contributed by atoms with E-state index in [9.17, 15) is 13.2 Å². The first-order valence-electron chi connectivity index (χ1n) is 7.05. The first-order valence-corrected chi connectivity index (χ1v) is 8.90. The van der Waals surface area contributed by atoms with Crippen LogP contribution in [0.4, 0.5) is 0 Å². The van der Waals surface area contributed by atoms with E-state index in [2.05, 4.69) is 4.98 Å². The molecule has 114 valence electrons. The van der Waals surface area contributed by atoms with E-state index in [-0.39, 0.29) is 5.91 Å². The average Bonchev–Trinajstić information content (AvgIpc) is 3.00. The summed E-state index contributed by atoms with van der Waals surface area (Å²) in [6.07, 6.45) is 4.27. The second-order valence-corrected chi connectivity index (χ2v) is 7.91. The third-order valence-electron chi connectivity index (χ3n) is 4.47. The molecule has 1 unspecified atom stereocenters. The summed E-state index contributed by atoms with van der Waals surface area (Å²) < 4.78 is 24.7. The fraction of sp³-hybridized carbons (Fsp3) is 0.571. The van der Waals surface area contributed by atoms with Gasteiger partial charge in [-0.05, 0) is 25.0 Å². The molecule has 7 heteroatoms. The minimum absolute atomic E-state index is 0.0688. The lowest BCUT2D eigenvalue weighted by molar-refractivity contribution is -0.135. The summed E-state index contributed by atoms with van der Waals surface area (Å²) in [5, 5.41) is 0. The van der Waals surface area contributed by atoms with Gasteiger partial charge in [0.05, 0.1) is 23.9 Å². The van der Waals surface area contributed by atoms with Gasteiger partial charge in [-0.3, -0.25) is 9.78 Å². The van der Waals surface area contributed by atoms with E-state index in [1.54, 1.807) is 11.1 Å². The lowest BCUT2D eigenvalue weighted by Gasteiger charge is -2.23. The average molecular weight is 309 g/mol. The van der Waals surface area contributed by atoms with Crippen LogP contribution in [0.25, 0.3) is 0 Å². The highest BCUT2D eigenvalue weighted by Crippen LogP contribution is 2.41. The number of aromatic nitrogens is 1. The Morgan fingerprint density at radius 3 is 2.67 bits per heavy atom. The Bertz CT molecular complexity index is 647. The minimum Gasteiger partial charge on any atom is -0.336 e. The van der Waals surface area contributed by atoms with Crippen molar-refractivity contribution in [2.45, 2.75) is 19.4 Å². The number of hydrogen-bond donors (Lipinski definition) is 0. The number of carbonyl (C=O) groups is 1. The first-order chi connectivity index (χ1) is 9.91. The van der Waals surface area contributed by atoms with Crippen molar-refractivity contribution in [3.8, 4) is 0 Å². The van der Waals surface area contributed by atoms with E-state index in [1.165, 1.54) is 10.6 Å². The predicted molar refractivity (Wildman–Crippen MR) is 77.7 cm³/mol. The molecule has 1 aromatic rings. The first kappa shape index (κ1) is 14.5. The summed E-state index contributed by atoms with van der Waals surface area (Å²) in [4.78, 5) is 18.7. The van der Waals surface area contributed by atoms with Crippen molar-refractivity contribution >= 4 is 15.9 Å². The minimum atomic E-state index is -3.22. The van der Waals surface area contributed by atoms with Crippen LogP contribution in [0.5, 0.6) is 0 Å². The fourth-order valence-corrected chi connectivity index (χ4v) is 4.13. The van der Waals surface area contributed by atoms with Crippen molar-refractivity contribution in [2.24, 2.45) is 5.41 Å². The van der Waals surface area contributed by atoms with Gasteiger partial charge in [-0.1, -0.05) is 6.07 Å². The zero-order valence-electron chi connectivity index (χ0n) is 12.0. The van der Waals surface area contributed by atoms with Crippen molar-refractivity contribution in [2.75, 3.05) is 25.9 Å². The summed E-state index contributed by atoms with van der Waals surface area (Å²) >= 11 is 0. The zero-order chi connectivity index (χ0) is 15.1. The molecule has 2 aliphatic rings. The smallest absolute Gasteiger partial charge is 0.230 e. The summed E-state index contributed by atoms with van der Waals surface area (Å²) in [6.45, 7) is 1.94. The predicted octanol–water partition coefficient (Wildman–Crippen LogP) is 0.466. The molecule has 0 aromatic carbocycles. The van der Waals surface area contributed by atoms with Gasteiger partial charge in [-0.2, -0.15) is 0 Å². The molecule has 1 spiro atoms. The second-order valence-electron chi connectivity index (χ2n) is 5.92. The monoisotopic (exact) mass is 309 g/mol. The van der Waals surface area contributed by atoms with Gasteiger partial charge in [0, 0.05) is 25.8 Å². The second kappa shape index (κ2) is 5.06. The fourth-order valence-electron chi connectivity index (χ4n) is 3.23. The lowest BCUT2D eigenvalue weighted by atomic mass is 9.86. The van der Waals surface area contributed by atoms with Crippen LogP contribution in [0.3, 0.4) is 0 Å². The summed E-state index contributed by atoms with van der Waals surface area (Å²) in [5.74, 6) is 0.0688. The number of pyridine rings is 1. The number of sulfonamides is 1. The highest BCUT2D eigenvalue weighted by molar-refractivity contribution is 7.88. The molecule has 0 aliphatic carbocycles. The van der Waals surface area contributed by atoms with E-state index in [4.69, 9.17) is 0 Å². The Labute approximate surface area is 124 Å². The maximum absolute atomic E-state index is 12.7. The zero-order valence-corrected chi connectivity index (χ0v) is 12.8. The summed E-state index contributed by atoms with van der Waals surface area (Å²) in [6, 6.07) is 5.65. The van der Waals surface area contributed by atoms with E-state index in [1.807, 2.05) is 18.2 Å². The van der Waals surface area contributed by atoms with Crippen LogP contribution in [0.2, 0.25) is 0 Å². The molecule has 0 bridgehead atoms. The molecule has 0 saturated carbocycles. The molecule has 1 aromatic heterocycles. The topological polar surface area (TPSA) is 70.6 Å². The summed E-state index contributed by atoms with van der Waals surface area (Å²) in [5.41, 5.74) is 0.346. The number of nitrogens with zero attached hydrogens (tertiary/aromatic N) is 3. The Balaban J connectivity index is 1.73. The molecule has 3 heterocycles. The number of rotatable bonds is 3. The molecular weight excluding hydrogens is 290 g/mol. The van der Waals surface area contributed by atoms with Gasteiger partial charge in [0.25, 0.3) is 0 Å². The normalized spacial score (nSPS) is 26.9. The molecular formula is C14H19N3O3S. The van der Waals surface area contributed by atoms with Crippen LogP contribution in [-0.4, -0.2) is 54.4 Å². The van der Waals surface area contributed by atoms with Crippen LogP contribution in [-0.2, 0) is 21.4 Å². The molecule has 0 N–H and O–H groups in total. The van der Waals surface area contributed by atoms with Crippen LogP contribution in [0.1, 0.15) is 18.5 Å². The Morgan fingerprint density at radius 2 is 2.05 bits per heavy atom. The lowest BCUT2D eigenvalue weighted by Crippen LogP contribution is -2.37. The van der Waals surface area contributed by atoms with Crippen molar-refractivity contribution in [1.82, 2.24) is 14.2 Å². The number of carbonyl (C=O) groups excluding carboxylic acids is 1. The molecule has 1 amide bonds. The third kappa shape index (κ3) is 2.67. The van der Waals surface area contributed by atoms with Gasteiger partial charge in [-0.25, -0.2) is 12.7 Å². The van der Waals surface area contributed by atoms with E-state index in [0.29, 0.717) is 32.6 Å². The van der Waals surface area contributed by atoms with Crippen molar-refractivity contribution in [3.63, 3.8) is 0 Å². The van der Waals surface area contributed by atoms with E-state index < -0.39 is 15.4 Å². The molecule has 0 radical (unpaired) electrons. The van der Waals surface area contributed by atoms with Crippen LogP contribution < -0.4 is 0 Å². The van der Waals surface area contributed by atoms with Gasteiger partial charge in [0.2, 0.25) is 15.9 Å². The Morgan fingerprint density at radius 1 is 1.29 bits per heavy atom. The van der Waals surface area contributed by atoms with Gasteiger partial charge < -0.3 is 4.90 Å². The maximum Gasteiger partial charge on any atom is 0.230 e. The van der Waals surface area contributed by atoms with Crippen LogP contribution in [0, 0.1) is 5.41 Å². The molecule has 2 fully saturated rings. The third-order valence-corrected chi connectivity index (χ3v) is 5.72. The molecule has 3 rings (SSSR count). The van der Waals surface area contributed by atoms with Gasteiger partial charge in [-0.15, -0.1) is 0 Å². The molecule has 2 aliphatic heterocycles. The van der Waals surface area contributed by atoms with Gasteiger partial charge in [0.1, 0.15) is 0 Å². The van der Waals surface area contributed by atoms with E-state index >= 15 is 0 Å². The number of likely N-dealkylation sites (tertiary alicyclic amines) is 1. The standard InChI is InChI=1S/C14H19N3O3S/c1-21(19,20)17-9-6-14(11-17)5-8-16(13(14)18)10-12-4-2-3-7-15-12/h2-4,7H,5-6,8-11H2,1H3. The highest BCUT2D eigenvalue weighted by atomic mass is 32.2. The van der Waals surface area contributed by atoms with Gasteiger partial charge >= 0.3 is 0 Å². The Hall–Kier alpha value is -1.47. The SMILES string of the molecule is CS(=O)(=O)N1CCC2(CCN(Cc3ccccn3)C2=O)C1. The van der Waals surface area contributed by atoms with Crippen molar-refractivity contribution in [1.29, 1.82) is 0 Å². The van der Waals surface area contributed by atoms with E-state index in [0.717, 1.165) is 12.1 Å². The molecule has 2 saturated heterocycles. The molecule has 21 heavy (non-hydrogen) atoms. The maximum atomic E-state index is 12.7. The quantitative estimate of drug-likeness (QED) is 0.813. The van der Waals surface area contributed by atoms with Crippen molar-refractivity contribution in [3.05, 3.63) is 30.1 Å². The largest absolute Gasteiger partial charge is 0.336 e.